The molecule has 1 heterocycles. The molecule has 8 heteroatoms. The van der Waals surface area contributed by atoms with Crippen LogP contribution in [0.5, 0.6) is 0 Å². The molecule has 1 aromatic carbocycles. The number of carbonyl (C=O) groups excluding carboxylic acids is 2. The van der Waals surface area contributed by atoms with Crippen molar-refractivity contribution in [3.8, 4) is 0 Å². The molecule has 0 radical (unpaired) electrons. The molecule has 0 bridgehead atoms. The summed E-state index contributed by atoms with van der Waals surface area (Å²) in [5, 5.41) is 9.25. The van der Waals surface area contributed by atoms with Crippen LogP contribution in [0.4, 0.5) is 10.5 Å². The summed E-state index contributed by atoms with van der Waals surface area (Å²) in [5.74, 6) is -1.71. The lowest BCUT2D eigenvalue weighted by Crippen LogP contribution is -2.50. The number of rotatable bonds is 4. The zero-order valence-electron chi connectivity index (χ0n) is 16.2. The van der Waals surface area contributed by atoms with Gasteiger partial charge in [0.25, 0.3) is 5.91 Å². The first kappa shape index (κ1) is 20.5. The molecule has 1 atom stereocenters. The Labute approximate surface area is 158 Å². The molecule has 27 heavy (non-hydrogen) atoms. The first-order chi connectivity index (χ1) is 12.5. The minimum absolute atomic E-state index is 0.0710. The molecule has 1 aliphatic rings. The number of likely N-dealkylation sites (N-methyl/N-ethyl adjacent to an activating group) is 1. The third kappa shape index (κ3) is 5.12. The van der Waals surface area contributed by atoms with Crippen LogP contribution in [0, 0.1) is 0 Å². The van der Waals surface area contributed by atoms with E-state index in [2.05, 4.69) is 0 Å². The predicted molar refractivity (Wildman–Crippen MR) is 101 cm³/mol. The molecule has 1 saturated heterocycles. The lowest BCUT2D eigenvalue weighted by atomic mass is 10.0. The first-order valence-electron chi connectivity index (χ1n) is 8.87. The van der Waals surface area contributed by atoms with Crippen LogP contribution >= 0.6 is 0 Å². The summed E-state index contributed by atoms with van der Waals surface area (Å²) in [7, 11) is 1.77. The van der Waals surface area contributed by atoms with E-state index in [4.69, 9.17) is 10.5 Å². The molecule has 2 rings (SSSR count). The number of nitrogens with zero attached hydrogens (tertiary/aromatic N) is 2. The van der Waals surface area contributed by atoms with Gasteiger partial charge in [0, 0.05) is 26.2 Å². The Morgan fingerprint density at radius 2 is 1.96 bits per heavy atom. The zero-order chi connectivity index (χ0) is 20.4. The summed E-state index contributed by atoms with van der Waals surface area (Å²) in [5.41, 5.74) is 5.64. The van der Waals surface area contributed by atoms with Crippen LogP contribution in [0.25, 0.3) is 0 Å². The number of ether oxygens (including phenoxy) is 1. The number of hydrogen-bond donors (Lipinski definition) is 2. The van der Waals surface area contributed by atoms with Crippen molar-refractivity contribution in [3.63, 3.8) is 0 Å². The Balaban J connectivity index is 2.25. The molecular weight excluding hydrogens is 350 g/mol. The molecule has 1 aliphatic heterocycles. The zero-order valence-corrected chi connectivity index (χ0v) is 16.2. The van der Waals surface area contributed by atoms with E-state index in [9.17, 15) is 19.5 Å². The van der Waals surface area contributed by atoms with Crippen LogP contribution in [0.1, 0.15) is 54.3 Å². The van der Waals surface area contributed by atoms with Crippen LogP contribution in [-0.4, -0.2) is 59.8 Å². The lowest BCUT2D eigenvalue weighted by molar-refractivity contribution is 0.0199. The fraction of sp³-hybridized carbons (Fsp3) is 0.526. The van der Waals surface area contributed by atoms with Gasteiger partial charge >= 0.3 is 12.1 Å². The maximum atomic E-state index is 12.4. The molecule has 148 valence electrons. The number of primary amides is 1. The third-order valence-corrected chi connectivity index (χ3v) is 4.49. The second-order valence-corrected chi connectivity index (χ2v) is 7.73. The summed E-state index contributed by atoms with van der Waals surface area (Å²) < 4.78 is 5.44. The Morgan fingerprint density at radius 1 is 1.30 bits per heavy atom. The Bertz CT molecular complexity index is 741. The van der Waals surface area contributed by atoms with E-state index in [0.29, 0.717) is 18.8 Å². The van der Waals surface area contributed by atoms with Crippen LogP contribution in [0.2, 0.25) is 0 Å². The second kappa shape index (κ2) is 7.85. The highest BCUT2D eigenvalue weighted by molar-refractivity contribution is 6.00. The minimum Gasteiger partial charge on any atom is -0.478 e. The maximum Gasteiger partial charge on any atom is 0.410 e. The van der Waals surface area contributed by atoms with Crippen molar-refractivity contribution in [1.29, 1.82) is 0 Å². The van der Waals surface area contributed by atoms with Crippen molar-refractivity contribution in [2.24, 2.45) is 5.73 Å². The summed E-state index contributed by atoms with van der Waals surface area (Å²) in [6.07, 6.45) is 1.19. The van der Waals surface area contributed by atoms with E-state index >= 15 is 0 Å². The van der Waals surface area contributed by atoms with Gasteiger partial charge in [0.2, 0.25) is 0 Å². The van der Waals surface area contributed by atoms with Crippen molar-refractivity contribution in [2.45, 2.75) is 45.3 Å². The molecule has 8 nitrogen and oxygen atoms in total. The number of anilines is 1. The van der Waals surface area contributed by atoms with Gasteiger partial charge in [-0.05, 0) is 51.8 Å². The molecular formula is C19H27N3O5. The topological polar surface area (TPSA) is 113 Å². The molecule has 2 amide bonds. The quantitative estimate of drug-likeness (QED) is 0.832. The van der Waals surface area contributed by atoms with Crippen LogP contribution in [0.3, 0.4) is 0 Å². The van der Waals surface area contributed by atoms with Crippen molar-refractivity contribution in [1.82, 2.24) is 4.90 Å². The number of amides is 2. The van der Waals surface area contributed by atoms with E-state index in [1.807, 2.05) is 25.7 Å². The van der Waals surface area contributed by atoms with E-state index in [1.165, 1.54) is 18.2 Å². The molecule has 1 aromatic rings. The van der Waals surface area contributed by atoms with Crippen LogP contribution in [-0.2, 0) is 4.74 Å². The van der Waals surface area contributed by atoms with Crippen LogP contribution in [0.15, 0.2) is 18.2 Å². The first-order valence-corrected chi connectivity index (χ1v) is 8.87. The highest BCUT2D eigenvalue weighted by Gasteiger charge is 2.30. The fourth-order valence-corrected chi connectivity index (χ4v) is 3.12. The van der Waals surface area contributed by atoms with Gasteiger partial charge in [0.1, 0.15) is 5.60 Å². The Hall–Kier alpha value is -2.77. The van der Waals surface area contributed by atoms with E-state index < -0.39 is 17.5 Å². The van der Waals surface area contributed by atoms with Gasteiger partial charge in [0.15, 0.2) is 0 Å². The van der Waals surface area contributed by atoms with Gasteiger partial charge in [-0.1, -0.05) is 0 Å². The summed E-state index contributed by atoms with van der Waals surface area (Å²) in [6, 6.07) is 4.13. The van der Waals surface area contributed by atoms with Gasteiger partial charge in [-0.2, -0.15) is 0 Å². The number of nitrogens with two attached hydrogens (primary N) is 1. The largest absolute Gasteiger partial charge is 0.478 e. The van der Waals surface area contributed by atoms with Gasteiger partial charge in [-0.25, -0.2) is 9.59 Å². The summed E-state index contributed by atoms with van der Waals surface area (Å²) >= 11 is 0. The smallest absolute Gasteiger partial charge is 0.410 e. The van der Waals surface area contributed by atoms with Gasteiger partial charge in [-0.3, -0.25) is 4.79 Å². The average Bonchev–Trinajstić information content (AvgIpc) is 2.59. The number of carbonyl (C=O) groups is 3. The average molecular weight is 377 g/mol. The molecule has 0 aromatic heterocycles. The maximum absolute atomic E-state index is 12.4. The van der Waals surface area contributed by atoms with E-state index in [-0.39, 0.29) is 23.3 Å². The highest BCUT2D eigenvalue weighted by Crippen LogP contribution is 2.27. The van der Waals surface area contributed by atoms with Crippen molar-refractivity contribution < 1.29 is 24.2 Å². The monoisotopic (exact) mass is 377 g/mol. The lowest BCUT2D eigenvalue weighted by Gasteiger charge is -2.39. The Morgan fingerprint density at radius 3 is 2.52 bits per heavy atom. The predicted octanol–water partition coefficient (Wildman–Crippen LogP) is 2.32. The van der Waals surface area contributed by atoms with E-state index in [0.717, 1.165) is 12.8 Å². The minimum atomic E-state index is -1.08. The normalized spacial score (nSPS) is 17.3. The SMILES string of the molecule is CN(c1cc(C(=O)O)ccc1C(N)=O)[C@H]1CCCN(C(=O)OC(C)(C)C)C1. The molecule has 0 spiro atoms. The standard InChI is InChI=1S/C19H27N3O5/c1-19(2,3)27-18(26)22-9-5-6-13(11-22)21(4)15-10-12(17(24)25)7-8-14(15)16(20)23/h7-8,10,13H,5-6,9,11H2,1-4H3,(H2,20,23)(H,24,25)/t13-/m0/s1. The third-order valence-electron chi connectivity index (χ3n) is 4.49. The molecule has 3 N–H and O–H groups in total. The molecule has 0 aliphatic carbocycles. The fourth-order valence-electron chi connectivity index (χ4n) is 3.12. The van der Waals surface area contributed by atoms with Crippen molar-refractivity contribution in [2.75, 3.05) is 25.0 Å². The Kier molecular flexibility index (Phi) is 5.98. The van der Waals surface area contributed by atoms with Gasteiger partial charge < -0.3 is 25.4 Å². The number of hydrogen-bond acceptors (Lipinski definition) is 5. The van der Waals surface area contributed by atoms with Crippen LogP contribution < -0.4 is 10.6 Å². The van der Waals surface area contributed by atoms with Gasteiger partial charge in [0.05, 0.1) is 16.8 Å². The van der Waals surface area contributed by atoms with Gasteiger partial charge in [-0.15, -0.1) is 0 Å². The molecule has 0 unspecified atom stereocenters. The van der Waals surface area contributed by atoms with Crippen molar-refractivity contribution >= 4 is 23.7 Å². The molecule has 0 saturated carbocycles. The summed E-state index contributed by atoms with van der Waals surface area (Å²) in [6.45, 7) is 6.46. The number of piperidine rings is 1. The number of benzene rings is 1. The summed E-state index contributed by atoms with van der Waals surface area (Å²) in [4.78, 5) is 38.9. The number of carboxylic acids is 1. The number of aromatic carboxylic acids is 1. The second-order valence-electron chi connectivity index (χ2n) is 7.73. The van der Waals surface area contributed by atoms with Crippen molar-refractivity contribution in [3.05, 3.63) is 29.3 Å². The highest BCUT2D eigenvalue weighted by atomic mass is 16.6. The number of carboxylic acid groups (broad SMARTS) is 1. The van der Waals surface area contributed by atoms with E-state index in [1.54, 1.807) is 11.9 Å². The molecule has 1 fully saturated rings. The number of likely N-dealkylation sites (tertiary alicyclic amines) is 1.